The Morgan fingerprint density at radius 2 is 1.82 bits per heavy atom. The zero-order chi connectivity index (χ0) is 13.6. The van der Waals surface area contributed by atoms with E-state index in [1.54, 1.807) is 0 Å². The first kappa shape index (κ1) is 16.4. The molecule has 0 aromatic heterocycles. The Kier molecular flexibility index (Phi) is 7.34. The maximum absolute atomic E-state index is 11.9. The lowest BCUT2D eigenvalue weighted by atomic mass is 10.00. The lowest BCUT2D eigenvalue weighted by Crippen LogP contribution is -2.56. The third-order valence-corrected chi connectivity index (χ3v) is 2.96. The van der Waals surface area contributed by atoms with Crippen LogP contribution in [0.4, 0.5) is 0 Å². The quantitative estimate of drug-likeness (QED) is 0.383. The summed E-state index contributed by atoms with van der Waals surface area (Å²) in [5, 5.41) is 0. The Balaban J connectivity index is 4.83. The minimum absolute atomic E-state index is 0.104. The molecule has 0 fully saturated rings. The Morgan fingerprint density at radius 3 is 2.12 bits per heavy atom. The third-order valence-electron chi connectivity index (χ3n) is 2.96. The van der Waals surface area contributed by atoms with Gasteiger partial charge in [0.1, 0.15) is 0 Å². The molecule has 0 radical (unpaired) electrons. The summed E-state index contributed by atoms with van der Waals surface area (Å²) in [6.07, 6.45) is 0. The molecule has 2 unspecified atom stereocenters. The van der Waals surface area contributed by atoms with Gasteiger partial charge >= 0.3 is 0 Å². The average Bonchev–Trinajstić information content (AvgIpc) is 2.22. The molecule has 2 atom stereocenters. The van der Waals surface area contributed by atoms with Crippen molar-refractivity contribution in [3.05, 3.63) is 0 Å². The van der Waals surface area contributed by atoms with Gasteiger partial charge in [-0.15, -0.1) is 0 Å². The van der Waals surface area contributed by atoms with Crippen LogP contribution in [0.25, 0.3) is 0 Å². The molecule has 0 spiro atoms. The van der Waals surface area contributed by atoms with Crippen molar-refractivity contribution in [3.63, 3.8) is 0 Å². The number of nitrogens with one attached hydrogen (secondary N) is 1. The highest BCUT2D eigenvalue weighted by atomic mass is 16.2. The lowest BCUT2D eigenvalue weighted by Gasteiger charge is -2.37. The van der Waals surface area contributed by atoms with E-state index in [4.69, 9.17) is 5.84 Å². The lowest BCUT2D eigenvalue weighted by molar-refractivity contribution is -0.129. The summed E-state index contributed by atoms with van der Waals surface area (Å²) in [5.74, 6) is 5.40. The summed E-state index contributed by atoms with van der Waals surface area (Å²) in [4.78, 5) is 16.2. The number of likely N-dealkylation sites (N-methyl/N-ethyl adjacent to an activating group) is 2. The second-order valence-corrected chi connectivity index (χ2v) is 5.14. The van der Waals surface area contributed by atoms with E-state index in [1.165, 1.54) is 0 Å². The van der Waals surface area contributed by atoms with E-state index in [9.17, 15) is 4.79 Å². The number of hydrogen-bond donors (Lipinski definition) is 2. The Morgan fingerprint density at radius 1 is 1.29 bits per heavy atom. The van der Waals surface area contributed by atoms with Gasteiger partial charge in [-0.2, -0.15) is 0 Å². The molecule has 5 heteroatoms. The number of hydrazine groups is 1. The second kappa shape index (κ2) is 7.63. The number of rotatable bonds is 7. The van der Waals surface area contributed by atoms with Gasteiger partial charge < -0.3 is 4.90 Å². The van der Waals surface area contributed by atoms with E-state index in [1.807, 2.05) is 27.9 Å². The first-order valence-corrected chi connectivity index (χ1v) is 6.26. The molecular weight excluding hydrogens is 216 g/mol. The number of carbonyl (C=O) groups is 1. The van der Waals surface area contributed by atoms with Crippen molar-refractivity contribution in [2.45, 2.75) is 39.8 Å². The Labute approximate surface area is 105 Å². The molecule has 5 nitrogen and oxygen atoms in total. The van der Waals surface area contributed by atoms with E-state index >= 15 is 0 Å². The van der Waals surface area contributed by atoms with Crippen LogP contribution in [0.2, 0.25) is 0 Å². The van der Waals surface area contributed by atoms with Gasteiger partial charge in [0.25, 0.3) is 5.91 Å². The van der Waals surface area contributed by atoms with Gasteiger partial charge in [-0.05, 0) is 33.5 Å². The van der Waals surface area contributed by atoms with Gasteiger partial charge in [-0.3, -0.25) is 15.1 Å². The summed E-state index contributed by atoms with van der Waals surface area (Å²) >= 11 is 0. The fraction of sp³-hybridized carbons (Fsp3) is 0.917. The number of carbonyl (C=O) groups excluding carboxylic acids is 1. The maximum atomic E-state index is 11.9. The Bertz CT molecular complexity index is 231. The van der Waals surface area contributed by atoms with E-state index in [0.29, 0.717) is 6.04 Å². The molecule has 0 aromatic rings. The van der Waals surface area contributed by atoms with Crippen molar-refractivity contribution in [1.82, 2.24) is 15.2 Å². The van der Waals surface area contributed by atoms with Crippen molar-refractivity contribution in [2.24, 2.45) is 11.8 Å². The normalized spacial score (nSPS) is 15.4. The van der Waals surface area contributed by atoms with Gasteiger partial charge in [-0.1, -0.05) is 20.8 Å². The van der Waals surface area contributed by atoms with Gasteiger partial charge in [0, 0.05) is 12.6 Å². The van der Waals surface area contributed by atoms with Crippen LogP contribution in [0.15, 0.2) is 0 Å². The zero-order valence-corrected chi connectivity index (χ0v) is 12.0. The molecule has 0 aromatic carbocycles. The van der Waals surface area contributed by atoms with Crippen LogP contribution >= 0.6 is 0 Å². The van der Waals surface area contributed by atoms with Crippen LogP contribution in [0, 0.1) is 5.92 Å². The molecular formula is C12H28N4O. The van der Waals surface area contributed by atoms with Gasteiger partial charge in [0.15, 0.2) is 0 Å². The summed E-state index contributed by atoms with van der Waals surface area (Å²) < 4.78 is 0. The summed E-state index contributed by atoms with van der Waals surface area (Å²) in [6.45, 7) is 10.1. The minimum atomic E-state index is -0.167. The molecule has 0 rings (SSSR count). The van der Waals surface area contributed by atoms with Gasteiger partial charge in [0.2, 0.25) is 0 Å². The maximum Gasteiger partial charge on any atom is 0.251 e. The van der Waals surface area contributed by atoms with Crippen molar-refractivity contribution < 1.29 is 4.79 Å². The van der Waals surface area contributed by atoms with Crippen LogP contribution < -0.4 is 11.3 Å². The van der Waals surface area contributed by atoms with Crippen LogP contribution in [-0.4, -0.2) is 55.0 Å². The predicted molar refractivity (Wildman–Crippen MR) is 71.4 cm³/mol. The molecule has 0 bridgehead atoms. The van der Waals surface area contributed by atoms with Gasteiger partial charge in [-0.25, -0.2) is 5.84 Å². The summed E-state index contributed by atoms with van der Waals surface area (Å²) in [7, 11) is 4.08. The first-order valence-electron chi connectivity index (χ1n) is 6.26. The van der Waals surface area contributed by atoms with Gasteiger partial charge in [0.05, 0.1) is 6.04 Å². The topological polar surface area (TPSA) is 61.6 Å². The van der Waals surface area contributed by atoms with Crippen molar-refractivity contribution in [3.8, 4) is 0 Å². The van der Waals surface area contributed by atoms with Crippen LogP contribution in [0.3, 0.4) is 0 Å². The molecule has 0 saturated carbocycles. The molecule has 3 N–H and O–H groups in total. The minimum Gasteiger partial charge on any atom is -0.308 e. The molecule has 0 aliphatic rings. The Hall–Kier alpha value is -0.650. The van der Waals surface area contributed by atoms with Crippen molar-refractivity contribution in [1.29, 1.82) is 0 Å². The summed E-state index contributed by atoms with van der Waals surface area (Å²) in [5.41, 5.74) is 2.28. The molecule has 102 valence electrons. The van der Waals surface area contributed by atoms with E-state index in [0.717, 1.165) is 13.1 Å². The number of nitrogens with two attached hydrogens (primary N) is 1. The number of amides is 1. The predicted octanol–water partition coefficient (Wildman–Crippen LogP) is 0.273. The second-order valence-electron chi connectivity index (χ2n) is 5.14. The standard InChI is InChI=1S/C12H28N4O/c1-7-16(10(4)8-15(5)6)11(9(2)3)12(17)14-13/h9-11H,7-8,13H2,1-6H3,(H,14,17). The van der Waals surface area contributed by atoms with Crippen molar-refractivity contribution >= 4 is 5.91 Å². The smallest absolute Gasteiger partial charge is 0.251 e. The fourth-order valence-electron chi connectivity index (χ4n) is 2.34. The van der Waals surface area contributed by atoms with E-state index < -0.39 is 0 Å². The molecule has 0 aliphatic carbocycles. The highest BCUT2D eigenvalue weighted by Gasteiger charge is 2.30. The SMILES string of the molecule is CCN(C(C)CN(C)C)C(C(=O)NN)C(C)C. The molecule has 1 amide bonds. The first-order chi connectivity index (χ1) is 7.84. The monoisotopic (exact) mass is 244 g/mol. The zero-order valence-electron chi connectivity index (χ0n) is 12.0. The number of nitrogens with zero attached hydrogens (tertiary/aromatic N) is 2. The fourth-order valence-corrected chi connectivity index (χ4v) is 2.34. The average molecular weight is 244 g/mol. The molecule has 0 saturated heterocycles. The van der Waals surface area contributed by atoms with Crippen molar-refractivity contribution in [2.75, 3.05) is 27.2 Å². The highest BCUT2D eigenvalue weighted by Crippen LogP contribution is 2.14. The third kappa shape index (κ3) is 5.02. The van der Waals surface area contributed by atoms with E-state index in [2.05, 4.69) is 29.1 Å². The molecule has 0 aliphatic heterocycles. The highest BCUT2D eigenvalue weighted by molar-refractivity contribution is 5.81. The largest absolute Gasteiger partial charge is 0.308 e. The molecule has 17 heavy (non-hydrogen) atoms. The molecule has 0 heterocycles. The van der Waals surface area contributed by atoms with Crippen LogP contribution in [0.5, 0.6) is 0 Å². The van der Waals surface area contributed by atoms with Crippen LogP contribution in [-0.2, 0) is 4.79 Å². The van der Waals surface area contributed by atoms with Crippen LogP contribution in [0.1, 0.15) is 27.7 Å². The summed E-state index contributed by atoms with van der Waals surface area (Å²) in [6, 6.07) is 0.152. The number of hydrogen-bond acceptors (Lipinski definition) is 4. The van der Waals surface area contributed by atoms with E-state index in [-0.39, 0.29) is 17.9 Å².